The molecule has 0 saturated carbocycles. The highest BCUT2D eigenvalue weighted by molar-refractivity contribution is 5.75. The van der Waals surface area contributed by atoms with Crippen molar-refractivity contribution in [1.82, 2.24) is 24.8 Å². The van der Waals surface area contributed by atoms with E-state index in [1.165, 1.54) is 49.0 Å². The molecule has 4 heterocycles. The summed E-state index contributed by atoms with van der Waals surface area (Å²) in [5.41, 5.74) is 3.56. The van der Waals surface area contributed by atoms with Gasteiger partial charge in [0.2, 0.25) is 0 Å². The number of imidazole rings is 1. The van der Waals surface area contributed by atoms with Gasteiger partial charge in [0.15, 0.2) is 0 Å². The van der Waals surface area contributed by atoms with Crippen molar-refractivity contribution in [2.24, 2.45) is 5.92 Å². The van der Waals surface area contributed by atoms with E-state index in [-0.39, 0.29) is 0 Å². The van der Waals surface area contributed by atoms with E-state index in [2.05, 4.69) is 37.0 Å². The Kier molecular flexibility index (Phi) is 4.11. The van der Waals surface area contributed by atoms with Crippen LogP contribution in [0.15, 0.2) is 37.1 Å². The number of rotatable bonds is 4. The number of aromatic nitrogens is 4. The smallest absolute Gasteiger partial charge is 0.137 e. The van der Waals surface area contributed by atoms with E-state index in [1.807, 2.05) is 18.6 Å². The number of nitrogens with one attached hydrogen (secondary N) is 2. The first-order chi connectivity index (χ1) is 11.4. The fraction of sp³-hybridized carbons (Fsp3) is 0.444. The van der Waals surface area contributed by atoms with Crippen LogP contribution < -0.4 is 0 Å². The second kappa shape index (κ2) is 6.54. The monoisotopic (exact) mass is 309 g/mol. The molecule has 3 aromatic rings. The molecule has 0 amide bonds. The first-order valence-corrected chi connectivity index (χ1v) is 8.48. The van der Waals surface area contributed by atoms with Crippen molar-refractivity contribution in [3.05, 3.63) is 48.3 Å². The molecule has 0 bridgehead atoms. The van der Waals surface area contributed by atoms with Crippen molar-refractivity contribution in [2.45, 2.75) is 32.2 Å². The Balaban J connectivity index is 1.36. The molecule has 0 aromatic carbocycles. The van der Waals surface area contributed by atoms with Crippen LogP contribution in [0.3, 0.4) is 0 Å². The molecule has 120 valence electrons. The highest BCUT2D eigenvalue weighted by Gasteiger charge is 2.18. The molecule has 1 fully saturated rings. The molecule has 1 aliphatic heterocycles. The SMILES string of the molecule is c1ncc(CN2CCCC(Cc3cnc4[nH]ccc4c3)CC2)[nH]1. The average Bonchev–Trinajstić information content (AvgIpc) is 3.18. The lowest BCUT2D eigenvalue weighted by Gasteiger charge is -2.19. The lowest BCUT2D eigenvalue weighted by Crippen LogP contribution is -2.24. The molecule has 1 atom stereocenters. The molecular formula is C18H23N5. The number of hydrogen-bond donors (Lipinski definition) is 2. The van der Waals surface area contributed by atoms with Crippen molar-refractivity contribution in [1.29, 1.82) is 0 Å². The van der Waals surface area contributed by atoms with E-state index in [0.717, 1.165) is 24.5 Å². The fourth-order valence-electron chi connectivity index (χ4n) is 3.63. The maximum atomic E-state index is 4.52. The number of fused-ring (bicyclic) bond motifs is 1. The zero-order valence-electron chi connectivity index (χ0n) is 13.3. The summed E-state index contributed by atoms with van der Waals surface area (Å²) < 4.78 is 0. The fourth-order valence-corrected chi connectivity index (χ4v) is 3.63. The number of aromatic amines is 2. The van der Waals surface area contributed by atoms with E-state index in [9.17, 15) is 0 Å². The maximum Gasteiger partial charge on any atom is 0.137 e. The molecule has 23 heavy (non-hydrogen) atoms. The van der Waals surface area contributed by atoms with E-state index in [4.69, 9.17) is 0 Å². The van der Waals surface area contributed by atoms with E-state index in [0.29, 0.717) is 0 Å². The van der Waals surface area contributed by atoms with Crippen LogP contribution in [-0.2, 0) is 13.0 Å². The van der Waals surface area contributed by atoms with Gasteiger partial charge < -0.3 is 9.97 Å². The van der Waals surface area contributed by atoms with Crippen LogP contribution in [0.5, 0.6) is 0 Å². The first kappa shape index (κ1) is 14.5. The summed E-state index contributed by atoms with van der Waals surface area (Å²) in [6.45, 7) is 3.34. The van der Waals surface area contributed by atoms with Crippen LogP contribution >= 0.6 is 0 Å². The molecule has 5 heteroatoms. The molecular weight excluding hydrogens is 286 g/mol. The van der Waals surface area contributed by atoms with Gasteiger partial charge in [0.05, 0.1) is 6.33 Å². The zero-order valence-corrected chi connectivity index (χ0v) is 13.3. The van der Waals surface area contributed by atoms with Crippen molar-refractivity contribution >= 4 is 11.0 Å². The highest BCUT2D eigenvalue weighted by atomic mass is 15.1. The second-order valence-corrected chi connectivity index (χ2v) is 6.61. The Bertz CT molecular complexity index is 746. The first-order valence-electron chi connectivity index (χ1n) is 8.48. The standard InChI is InChI=1S/C18H23N5/c1-2-14(4-7-23(6-1)12-17-11-19-13-22-17)8-15-9-16-3-5-20-18(16)21-10-15/h3,5,9-11,13-14H,1-2,4,6-8,12H2,(H,19,22)(H,20,21). The Labute approximate surface area is 136 Å². The molecule has 0 aliphatic carbocycles. The lowest BCUT2D eigenvalue weighted by atomic mass is 9.93. The third kappa shape index (κ3) is 3.45. The van der Waals surface area contributed by atoms with E-state index < -0.39 is 0 Å². The molecule has 2 N–H and O–H groups in total. The van der Waals surface area contributed by atoms with Crippen LogP contribution in [0.2, 0.25) is 0 Å². The number of hydrogen-bond acceptors (Lipinski definition) is 3. The molecule has 5 nitrogen and oxygen atoms in total. The minimum absolute atomic E-state index is 0.764. The quantitative estimate of drug-likeness (QED) is 0.778. The largest absolute Gasteiger partial charge is 0.347 e. The number of H-pyrrole nitrogens is 2. The topological polar surface area (TPSA) is 60.6 Å². The van der Waals surface area contributed by atoms with E-state index in [1.54, 1.807) is 6.33 Å². The number of nitrogens with zero attached hydrogens (tertiary/aromatic N) is 3. The molecule has 0 radical (unpaired) electrons. The van der Waals surface area contributed by atoms with Crippen LogP contribution in [0, 0.1) is 5.92 Å². The van der Waals surface area contributed by atoms with Crippen LogP contribution in [0.25, 0.3) is 11.0 Å². The minimum atomic E-state index is 0.764. The summed E-state index contributed by atoms with van der Waals surface area (Å²) in [4.78, 5) is 17.5. The van der Waals surface area contributed by atoms with Gasteiger partial charge in [-0.15, -0.1) is 0 Å². The Hall–Kier alpha value is -2.14. The van der Waals surface area contributed by atoms with E-state index >= 15 is 0 Å². The molecule has 3 aromatic heterocycles. The van der Waals surface area contributed by atoms with Gasteiger partial charge in [0.25, 0.3) is 0 Å². The molecule has 4 rings (SSSR count). The summed E-state index contributed by atoms with van der Waals surface area (Å²) in [6, 6.07) is 4.39. The van der Waals surface area contributed by atoms with Crippen LogP contribution in [0.1, 0.15) is 30.5 Å². The van der Waals surface area contributed by atoms with Gasteiger partial charge >= 0.3 is 0 Å². The minimum Gasteiger partial charge on any atom is -0.347 e. The summed E-state index contributed by atoms with van der Waals surface area (Å²) in [5, 5.41) is 1.22. The number of pyridine rings is 1. The summed E-state index contributed by atoms with van der Waals surface area (Å²) in [5.74, 6) is 0.764. The van der Waals surface area contributed by atoms with Crippen molar-refractivity contribution in [3.63, 3.8) is 0 Å². The molecule has 1 aliphatic rings. The summed E-state index contributed by atoms with van der Waals surface area (Å²) >= 11 is 0. The molecule has 0 spiro atoms. The average molecular weight is 309 g/mol. The molecule has 1 saturated heterocycles. The normalized spacial score (nSPS) is 19.9. The predicted octanol–water partition coefficient (Wildman–Crippen LogP) is 3.13. The van der Waals surface area contributed by atoms with Crippen LogP contribution in [0.4, 0.5) is 0 Å². The Morgan fingerprint density at radius 2 is 2.17 bits per heavy atom. The summed E-state index contributed by atoms with van der Waals surface area (Å²) in [6.07, 6.45) is 12.7. The Morgan fingerprint density at radius 3 is 3.09 bits per heavy atom. The van der Waals surface area contributed by atoms with Crippen LogP contribution in [-0.4, -0.2) is 37.9 Å². The third-order valence-corrected chi connectivity index (χ3v) is 4.87. The van der Waals surface area contributed by atoms with Gasteiger partial charge in [-0.3, -0.25) is 4.90 Å². The van der Waals surface area contributed by atoms with Gasteiger partial charge in [-0.05, 0) is 62.4 Å². The zero-order chi connectivity index (χ0) is 15.5. The second-order valence-electron chi connectivity index (χ2n) is 6.61. The van der Waals surface area contributed by atoms with Gasteiger partial charge in [-0.25, -0.2) is 9.97 Å². The van der Waals surface area contributed by atoms with Gasteiger partial charge in [-0.1, -0.05) is 0 Å². The predicted molar refractivity (Wildman–Crippen MR) is 91.0 cm³/mol. The third-order valence-electron chi connectivity index (χ3n) is 4.87. The van der Waals surface area contributed by atoms with Gasteiger partial charge in [-0.2, -0.15) is 0 Å². The highest BCUT2D eigenvalue weighted by Crippen LogP contribution is 2.23. The maximum absolute atomic E-state index is 4.52. The molecule has 1 unspecified atom stereocenters. The summed E-state index contributed by atoms with van der Waals surface area (Å²) in [7, 11) is 0. The van der Waals surface area contributed by atoms with Gasteiger partial charge in [0, 0.05) is 36.2 Å². The van der Waals surface area contributed by atoms with Crippen molar-refractivity contribution < 1.29 is 0 Å². The Morgan fingerprint density at radius 1 is 1.17 bits per heavy atom. The van der Waals surface area contributed by atoms with Gasteiger partial charge in [0.1, 0.15) is 5.65 Å². The van der Waals surface area contributed by atoms with Crippen molar-refractivity contribution in [3.8, 4) is 0 Å². The number of likely N-dealkylation sites (tertiary alicyclic amines) is 1. The van der Waals surface area contributed by atoms with Crippen molar-refractivity contribution in [2.75, 3.05) is 13.1 Å². The lowest BCUT2D eigenvalue weighted by molar-refractivity contribution is 0.269.